The molecule has 0 atom stereocenters. The Hall–Kier alpha value is -1.33. The van der Waals surface area contributed by atoms with Crippen molar-refractivity contribution in [1.29, 1.82) is 0 Å². The first kappa shape index (κ1) is 13.1. The minimum absolute atomic E-state index is 0.244. The molecule has 1 N–H and O–H groups in total. The predicted octanol–water partition coefficient (Wildman–Crippen LogP) is 1.25. The number of nitrogens with zero attached hydrogens (tertiary/aromatic N) is 1. The second kappa shape index (κ2) is 6.02. The fraction of sp³-hybridized carbons (Fsp3) is 0.538. The van der Waals surface area contributed by atoms with E-state index in [1.165, 1.54) is 13.2 Å². The van der Waals surface area contributed by atoms with Gasteiger partial charge in [0, 0.05) is 44.4 Å². The number of rotatable bonds is 4. The van der Waals surface area contributed by atoms with Crippen LogP contribution in [0.4, 0.5) is 4.39 Å². The van der Waals surface area contributed by atoms with Crippen molar-refractivity contribution in [3.8, 4) is 11.5 Å². The number of ether oxygens (including phenoxy) is 2. The average Bonchev–Trinajstić information content (AvgIpc) is 2.41. The number of benzene rings is 1. The molecule has 0 bridgehead atoms. The van der Waals surface area contributed by atoms with E-state index in [9.17, 15) is 4.39 Å². The van der Waals surface area contributed by atoms with Gasteiger partial charge in [-0.15, -0.1) is 0 Å². The van der Waals surface area contributed by atoms with Crippen LogP contribution in [0.5, 0.6) is 11.5 Å². The van der Waals surface area contributed by atoms with Crippen LogP contribution in [-0.2, 0) is 6.54 Å². The van der Waals surface area contributed by atoms with Gasteiger partial charge in [-0.2, -0.15) is 0 Å². The molecule has 2 rings (SSSR count). The molecule has 0 aromatic heterocycles. The fourth-order valence-electron chi connectivity index (χ4n) is 2.13. The molecule has 0 saturated carbocycles. The van der Waals surface area contributed by atoms with Crippen LogP contribution in [0, 0.1) is 5.82 Å². The zero-order valence-corrected chi connectivity index (χ0v) is 10.8. The number of halogens is 1. The topological polar surface area (TPSA) is 33.7 Å². The first-order chi connectivity index (χ1) is 8.74. The van der Waals surface area contributed by atoms with Crippen LogP contribution >= 0.6 is 0 Å². The molecule has 1 aliphatic rings. The Balaban J connectivity index is 2.16. The highest BCUT2D eigenvalue weighted by Crippen LogP contribution is 2.30. The zero-order chi connectivity index (χ0) is 13.0. The molecule has 1 fully saturated rings. The second-order valence-corrected chi connectivity index (χ2v) is 4.32. The molecular weight excluding hydrogens is 235 g/mol. The van der Waals surface area contributed by atoms with Gasteiger partial charge in [0.1, 0.15) is 5.82 Å². The summed E-state index contributed by atoms with van der Waals surface area (Å²) in [4.78, 5) is 2.22. The number of hydrogen-bond donors (Lipinski definition) is 1. The van der Waals surface area contributed by atoms with Gasteiger partial charge in [0.25, 0.3) is 0 Å². The molecule has 0 unspecified atom stereocenters. The summed E-state index contributed by atoms with van der Waals surface area (Å²) < 4.78 is 24.2. The van der Waals surface area contributed by atoms with Gasteiger partial charge in [-0.3, -0.25) is 4.90 Å². The molecular formula is C13H19FN2O2. The Labute approximate surface area is 107 Å². The molecule has 0 aliphatic carbocycles. The minimum Gasteiger partial charge on any atom is -0.493 e. The summed E-state index contributed by atoms with van der Waals surface area (Å²) in [6.45, 7) is 4.39. The molecule has 1 heterocycles. The summed E-state index contributed by atoms with van der Waals surface area (Å²) in [5.74, 6) is 0.759. The molecule has 1 aliphatic heterocycles. The molecule has 1 aromatic rings. The average molecular weight is 254 g/mol. The Kier molecular flexibility index (Phi) is 4.38. The van der Waals surface area contributed by atoms with E-state index in [-0.39, 0.29) is 5.82 Å². The summed E-state index contributed by atoms with van der Waals surface area (Å²) >= 11 is 0. The Morgan fingerprint density at radius 2 is 1.78 bits per heavy atom. The van der Waals surface area contributed by atoms with Gasteiger partial charge in [0.05, 0.1) is 14.2 Å². The van der Waals surface area contributed by atoms with Gasteiger partial charge in [-0.25, -0.2) is 4.39 Å². The lowest BCUT2D eigenvalue weighted by atomic mass is 10.1. The Morgan fingerprint density at radius 1 is 1.17 bits per heavy atom. The van der Waals surface area contributed by atoms with Crippen molar-refractivity contribution in [2.75, 3.05) is 40.4 Å². The van der Waals surface area contributed by atoms with Gasteiger partial charge in [-0.05, 0) is 6.07 Å². The van der Waals surface area contributed by atoms with Gasteiger partial charge in [0.15, 0.2) is 11.5 Å². The minimum atomic E-state index is -0.244. The van der Waals surface area contributed by atoms with Crippen LogP contribution in [0.15, 0.2) is 12.1 Å². The van der Waals surface area contributed by atoms with Crippen molar-refractivity contribution < 1.29 is 13.9 Å². The Bertz CT molecular complexity index is 406. The van der Waals surface area contributed by atoms with Crippen LogP contribution in [0.2, 0.25) is 0 Å². The van der Waals surface area contributed by atoms with Crippen LogP contribution < -0.4 is 14.8 Å². The fourth-order valence-corrected chi connectivity index (χ4v) is 2.13. The molecule has 4 nitrogen and oxygen atoms in total. The van der Waals surface area contributed by atoms with Crippen molar-refractivity contribution in [2.24, 2.45) is 0 Å². The molecule has 18 heavy (non-hydrogen) atoms. The molecule has 0 radical (unpaired) electrons. The van der Waals surface area contributed by atoms with E-state index >= 15 is 0 Å². The normalized spacial score (nSPS) is 16.6. The van der Waals surface area contributed by atoms with E-state index in [2.05, 4.69) is 10.2 Å². The number of nitrogens with one attached hydrogen (secondary N) is 1. The van der Waals surface area contributed by atoms with E-state index in [0.29, 0.717) is 23.6 Å². The lowest BCUT2D eigenvalue weighted by Gasteiger charge is -2.27. The quantitative estimate of drug-likeness (QED) is 0.876. The van der Waals surface area contributed by atoms with Crippen LogP contribution in [0.3, 0.4) is 0 Å². The first-order valence-electron chi connectivity index (χ1n) is 6.08. The lowest BCUT2D eigenvalue weighted by molar-refractivity contribution is 0.229. The van der Waals surface area contributed by atoms with Crippen LogP contribution in [0.1, 0.15) is 5.56 Å². The summed E-state index contributed by atoms with van der Waals surface area (Å²) in [6, 6.07) is 3.10. The summed E-state index contributed by atoms with van der Waals surface area (Å²) in [5.41, 5.74) is 0.648. The molecule has 0 spiro atoms. The largest absolute Gasteiger partial charge is 0.493 e. The molecule has 0 amide bonds. The monoisotopic (exact) mass is 254 g/mol. The number of hydrogen-bond acceptors (Lipinski definition) is 4. The molecule has 100 valence electrons. The van der Waals surface area contributed by atoms with E-state index < -0.39 is 0 Å². The number of piperazine rings is 1. The maximum absolute atomic E-state index is 13.9. The highest BCUT2D eigenvalue weighted by Gasteiger charge is 2.15. The summed E-state index contributed by atoms with van der Waals surface area (Å²) in [6.07, 6.45) is 0. The van der Waals surface area contributed by atoms with Crippen molar-refractivity contribution in [3.05, 3.63) is 23.5 Å². The third-order valence-corrected chi connectivity index (χ3v) is 3.16. The van der Waals surface area contributed by atoms with Crippen molar-refractivity contribution in [2.45, 2.75) is 6.54 Å². The molecule has 1 aromatic carbocycles. The van der Waals surface area contributed by atoms with Gasteiger partial charge in [0.2, 0.25) is 0 Å². The van der Waals surface area contributed by atoms with Gasteiger partial charge >= 0.3 is 0 Å². The molecule has 5 heteroatoms. The molecule has 1 saturated heterocycles. The maximum atomic E-state index is 13.9. The second-order valence-electron chi connectivity index (χ2n) is 4.32. The summed E-state index contributed by atoms with van der Waals surface area (Å²) in [5, 5.41) is 3.28. The van der Waals surface area contributed by atoms with Crippen molar-refractivity contribution in [3.63, 3.8) is 0 Å². The van der Waals surface area contributed by atoms with Crippen LogP contribution in [0.25, 0.3) is 0 Å². The third-order valence-electron chi connectivity index (χ3n) is 3.16. The Morgan fingerprint density at radius 3 is 2.39 bits per heavy atom. The van der Waals surface area contributed by atoms with E-state index in [0.717, 1.165) is 26.2 Å². The van der Waals surface area contributed by atoms with E-state index in [1.807, 2.05) is 0 Å². The standard InChI is InChI=1S/C13H19FN2O2/c1-17-12-7-10(11(14)8-13(12)18-2)9-16-5-3-15-4-6-16/h7-8,15H,3-6,9H2,1-2H3. The van der Waals surface area contributed by atoms with E-state index in [4.69, 9.17) is 9.47 Å². The maximum Gasteiger partial charge on any atom is 0.163 e. The highest BCUT2D eigenvalue weighted by atomic mass is 19.1. The predicted molar refractivity (Wildman–Crippen MR) is 67.7 cm³/mol. The van der Waals surface area contributed by atoms with Crippen molar-refractivity contribution in [1.82, 2.24) is 10.2 Å². The number of methoxy groups -OCH3 is 2. The lowest BCUT2D eigenvalue weighted by Crippen LogP contribution is -2.43. The van der Waals surface area contributed by atoms with Crippen LogP contribution in [-0.4, -0.2) is 45.3 Å². The summed E-state index contributed by atoms with van der Waals surface area (Å²) in [7, 11) is 3.07. The first-order valence-corrected chi connectivity index (χ1v) is 6.08. The smallest absolute Gasteiger partial charge is 0.163 e. The van der Waals surface area contributed by atoms with Gasteiger partial charge in [-0.1, -0.05) is 0 Å². The van der Waals surface area contributed by atoms with Gasteiger partial charge < -0.3 is 14.8 Å². The third kappa shape index (κ3) is 2.91. The van der Waals surface area contributed by atoms with E-state index in [1.54, 1.807) is 13.2 Å². The zero-order valence-electron chi connectivity index (χ0n) is 10.8. The SMILES string of the molecule is COc1cc(F)c(CN2CCNCC2)cc1OC. The van der Waals surface area contributed by atoms with Crippen molar-refractivity contribution >= 4 is 0 Å². The highest BCUT2D eigenvalue weighted by molar-refractivity contribution is 5.43.